The first-order chi connectivity index (χ1) is 8.95. The van der Waals surface area contributed by atoms with Crippen molar-refractivity contribution in [3.63, 3.8) is 0 Å². The molecule has 0 saturated carbocycles. The summed E-state index contributed by atoms with van der Waals surface area (Å²) < 4.78 is 11.0. The molecule has 1 aliphatic heterocycles. The van der Waals surface area contributed by atoms with Crippen LogP contribution >= 0.6 is 0 Å². The van der Waals surface area contributed by atoms with E-state index >= 15 is 0 Å². The van der Waals surface area contributed by atoms with Gasteiger partial charge in [-0.25, -0.2) is 0 Å². The quantitative estimate of drug-likeness (QED) is 0.758. The van der Waals surface area contributed by atoms with Crippen LogP contribution in [0.15, 0.2) is 18.2 Å². The molecule has 0 amide bonds. The lowest BCUT2D eigenvalue weighted by atomic mass is 10.1. The van der Waals surface area contributed by atoms with Gasteiger partial charge in [0, 0.05) is 25.4 Å². The van der Waals surface area contributed by atoms with Gasteiger partial charge in [0.05, 0.1) is 25.5 Å². The van der Waals surface area contributed by atoms with Crippen molar-refractivity contribution in [1.29, 1.82) is 0 Å². The molecule has 18 heavy (non-hydrogen) atoms. The minimum absolute atomic E-state index is 0.688. The van der Waals surface area contributed by atoms with E-state index in [9.17, 15) is 0 Å². The Morgan fingerprint density at radius 1 is 0.944 bits per heavy atom. The van der Waals surface area contributed by atoms with E-state index in [0.29, 0.717) is 13.2 Å². The Hall–Kier alpha value is -0.970. The molecular weight excluding hydrogens is 228 g/mol. The predicted octanol–water partition coefficient (Wildman–Crippen LogP) is 1.54. The van der Waals surface area contributed by atoms with Crippen LogP contribution in [0.25, 0.3) is 0 Å². The van der Waals surface area contributed by atoms with Gasteiger partial charge in [-0.15, -0.1) is 0 Å². The summed E-state index contributed by atoms with van der Waals surface area (Å²) in [6.07, 6.45) is 3.25. The Labute approximate surface area is 109 Å². The van der Waals surface area contributed by atoms with Crippen LogP contribution in [0.5, 0.6) is 0 Å². The van der Waals surface area contributed by atoms with Crippen molar-refractivity contribution < 1.29 is 9.47 Å². The molecule has 0 saturated heterocycles. The summed E-state index contributed by atoms with van der Waals surface area (Å²) in [5, 5.41) is 3.34. The molecule has 0 radical (unpaired) electrons. The van der Waals surface area contributed by atoms with E-state index in [-0.39, 0.29) is 0 Å². The van der Waals surface area contributed by atoms with Crippen LogP contribution in [-0.2, 0) is 22.4 Å². The summed E-state index contributed by atoms with van der Waals surface area (Å²) in [5.41, 5.74) is 2.29. The molecule has 0 aromatic carbocycles. The molecule has 2 heterocycles. The number of fused-ring (bicyclic) bond motifs is 2. The average molecular weight is 250 g/mol. The van der Waals surface area contributed by atoms with Crippen molar-refractivity contribution in [1.82, 2.24) is 10.3 Å². The third-order valence-electron chi connectivity index (χ3n) is 2.94. The monoisotopic (exact) mass is 250 g/mol. The van der Waals surface area contributed by atoms with Gasteiger partial charge in [-0.05, 0) is 31.4 Å². The number of aromatic nitrogens is 1. The maximum absolute atomic E-state index is 5.50. The standard InChI is InChI=1S/C14H22N2O2/c1-2-8-17-10-11-18-9-7-15-12-14-6-3-5-13(4-1)16-14/h3,5-6,15H,1-2,4,7-12H2. The molecule has 1 N–H and O–H groups in total. The number of hydrogen-bond acceptors (Lipinski definition) is 4. The molecular formula is C14H22N2O2. The minimum atomic E-state index is 0.688. The molecule has 0 spiro atoms. The molecule has 1 aliphatic rings. The van der Waals surface area contributed by atoms with E-state index in [1.165, 1.54) is 5.69 Å². The lowest BCUT2D eigenvalue weighted by molar-refractivity contribution is 0.0475. The Morgan fingerprint density at radius 3 is 2.72 bits per heavy atom. The first-order valence-corrected chi connectivity index (χ1v) is 6.76. The minimum Gasteiger partial charge on any atom is -0.379 e. The Kier molecular flexibility index (Phi) is 6.12. The first-order valence-electron chi connectivity index (χ1n) is 6.76. The van der Waals surface area contributed by atoms with Crippen molar-refractivity contribution in [2.24, 2.45) is 0 Å². The van der Waals surface area contributed by atoms with E-state index < -0.39 is 0 Å². The predicted molar refractivity (Wildman–Crippen MR) is 70.5 cm³/mol. The highest BCUT2D eigenvalue weighted by atomic mass is 16.5. The average Bonchev–Trinajstić information content (AvgIpc) is 2.40. The van der Waals surface area contributed by atoms with Crippen molar-refractivity contribution >= 4 is 0 Å². The number of nitrogens with one attached hydrogen (secondary N) is 1. The third-order valence-corrected chi connectivity index (χ3v) is 2.94. The molecule has 1 aromatic rings. The zero-order valence-electron chi connectivity index (χ0n) is 10.9. The summed E-state index contributed by atoms with van der Waals surface area (Å²) >= 11 is 0. The summed E-state index contributed by atoms with van der Waals surface area (Å²) in [6.45, 7) is 4.60. The van der Waals surface area contributed by atoms with Gasteiger partial charge in [0.25, 0.3) is 0 Å². The van der Waals surface area contributed by atoms with E-state index in [4.69, 9.17) is 9.47 Å². The van der Waals surface area contributed by atoms with Gasteiger partial charge in [0.15, 0.2) is 0 Å². The van der Waals surface area contributed by atoms with Crippen LogP contribution in [0.3, 0.4) is 0 Å². The van der Waals surface area contributed by atoms with Gasteiger partial charge in [-0.2, -0.15) is 0 Å². The summed E-state index contributed by atoms with van der Waals surface area (Å²) in [7, 11) is 0. The Balaban J connectivity index is 1.87. The van der Waals surface area contributed by atoms with Crippen LogP contribution in [-0.4, -0.2) is 38.0 Å². The zero-order valence-corrected chi connectivity index (χ0v) is 10.9. The van der Waals surface area contributed by atoms with Crippen LogP contribution in [0.2, 0.25) is 0 Å². The van der Waals surface area contributed by atoms with Gasteiger partial charge in [0.1, 0.15) is 0 Å². The van der Waals surface area contributed by atoms with Crippen molar-refractivity contribution in [3.05, 3.63) is 29.6 Å². The lowest BCUT2D eigenvalue weighted by Gasteiger charge is -2.06. The molecule has 2 bridgehead atoms. The zero-order chi connectivity index (χ0) is 12.5. The highest BCUT2D eigenvalue weighted by Gasteiger charge is 2.00. The van der Waals surface area contributed by atoms with E-state index in [1.807, 2.05) is 0 Å². The molecule has 4 heteroatoms. The van der Waals surface area contributed by atoms with Crippen LogP contribution < -0.4 is 5.32 Å². The SMILES string of the molecule is c1cc2nc(c1)CNCCOCCOCCCC2. The maximum Gasteiger partial charge on any atom is 0.0701 e. The molecule has 0 fully saturated rings. The van der Waals surface area contributed by atoms with Gasteiger partial charge in [-0.3, -0.25) is 4.98 Å². The van der Waals surface area contributed by atoms with Gasteiger partial charge >= 0.3 is 0 Å². The van der Waals surface area contributed by atoms with Crippen LogP contribution in [0.1, 0.15) is 24.2 Å². The molecule has 100 valence electrons. The number of hydrogen-bond donors (Lipinski definition) is 1. The molecule has 1 aromatic heterocycles. The van der Waals surface area contributed by atoms with E-state index in [2.05, 4.69) is 28.5 Å². The third kappa shape index (κ3) is 5.12. The van der Waals surface area contributed by atoms with E-state index in [0.717, 1.165) is 51.3 Å². The Bertz CT molecular complexity index is 315. The summed E-state index contributed by atoms with van der Waals surface area (Å²) in [6, 6.07) is 6.26. The molecule has 4 nitrogen and oxygen atoms in total. The Morgan fingerprint density at radius 2 is 1.78 bits per heavy atom. The largest absolute Gasteiger partial charge is 0.379 e. The molecule has 2 rings (SSSR count). The van der Waals surface area contributed by atoms with Crippen LogP contribution in [0, 0.1) is 0 Å². The molecule has 0 atom stereocenters. The van der Waals surface area contributed by atoms with Crippen molar-refractivity contribution in [3.8, 4) is 0 Å². The van der Waals surface area contributed by atoms with Crippen molar-refractivity contribution in [2.45, 2.75) is 25.8 Å². The summed E-state index contributed by atoms with van der Waals surface area (Å²) in [4.78, 5) is 4.64. The van der Waals surface area contributed by atoms with E-state index in [1.54, 1.807) is 0 Å². The number of pyridine rings is 1. The number of nitrogens with zero attached hydrogens (tertiary/aromatic N) is 1. The number of ether oxygens (including phenoxy) is 2. The highest BCUT2D eigenvalue weighted by Crippen LogP contribution is 2.04. The summed E-state index contributed by atoms with van der Waals surface area (Å²) in [5.74, 6) is 0. The van der Waals surface area contributed by atoms with Gasteiger partial charge in [0.2, 0.25) is 0 Å². The van der Waals surface area contributed by atoms with Gasteiger partial charge < -0.3 is 14.8 Å². The fourth-order valence-corrected chi connectivity index (χ4v) is 1.96. The van der Waals surface area contributed by atoms with Crippen LogP contribution in [0.4, 0.5) is 0 Å². The first kappa shape index (κ1) is 13.5. The fourth-order valence-electron chi connectivity index (χ4n) is 1.96. The van der Waals surface area contributed by atoms with Crippen molar-refractivity contribution in [2.75, 3.05) is 33.0 Å². The second-order valence-corrected chi connectivity index (χ2v) is 4.48. The molecule has 0 aliphatic carbocycles. The number of rotatable bonds is 0. The maximum atomic E-state index is 5.50. The topological polar surface area (TPSA) is 43.4 Å². The lowest BCUT2D eigenvalue weighted by Crippen LogP contribution is -2.20. The van der Waals surface area contributed by atoms with Gasteiger partial charge in [-0.1, -0.05) is 6.07 Å². The number of aryl methyl sites for hydroxylation is 1. The smallest absolute Gasteiger partial charge is 0.0701 e. The second-order valence-electron chi connectivity index (χ2n) is 4.48. The fraction of sp³-hybridized carbons (Fsp3) is 0.643. The normalized spacial score (nSPS) is 19.8. The molecule has 0 unspecified atom stereocenters. The second kappa shape index (κ2) is 8.19. The highest BCUT2D eigenvalue weighted by molar-refractivity contribution is 5.11.